The third kappa shape index (κ3) is 5.22. The van der Waals surface area contributed by atoms with Crippen molar-refractivity contribution in [3.8, 4) is 17.5 Å². The molecule has 4 nitrogen and oxygen atoms in total. The molecule has 0 spiro atoms. The maximum absolute atomic E-state index is 9.32. The van der Waals surface area contributed by atoms with Crippen LogP contribution in [0.15, 0.2) is 22.6 Å². The second-order valence-corrected chi connectivity index (χ2v) is 8.33. The first-order valence-corrected chi connectivity index (χ1v) is 11.0. The Kier molecular flexibility index (Phi) is 7.25. The van der Waals surface area contributed by atoms with Gasteiger partial charge in [0.25, 0.3) is 0 Å². The number of aromatic nitrogens is 2. The lowest BCUT2D eigenvalue weighted by atomic mass is 10.00. The third-order valence-corrected chi connectivity index (χ3v) is 5.90. The molecule has 1 aliphatic carbocycles. The normalized spacial score (nSPS) is 14.8. The van der Waals surface area contributed by atoms with Crippen molar-refractivity contribution < 1.29 is 4.42 Å². The molecule has 0 radical (unpaired) electrons. The zero-order chi connectivity index (χ0) is 19.8. The second kappa shape index (κ2) is 9.87. The molecular formula is C24H33N3O. The molecule has 28 heavy (non-hydrogen) atoms. The summed E-state index contributed by atoms with van der Waals surface area (Å²) >= 11 is 0. The summed E-state index contributed by atoms with van der Waals surface area (Å²) in [6.45, 7) is 4.34. The minimum absolute atomic E-state index is 0.480. The van der Waals surface area contributed by atoms with Gasteiger partial charge in [-0.2, -0.15) is 5.26 Å². The van der Waals surface area contributed by atoms with Gasteiger partial charge >= 0.3 is 0 Å². The van der Waals surface area contributed by atoms with Gasteiger partial charge in [-0.15, -0.1) is 10.2 Å². The van der Waals surface area contributed by atoms with E-state index in [1.165, 1.54) is 63.4 Å². The number of unbranched alkanes of at least 4 members (excludes halogenated alkanes) is 8. The van der Waals surface area contributed by atoms with E-state index < -0.39 is 5.41 Å². The van der Waals surface area contributed by atoms with Crippen LogP contribution in [-0.4, -0.2) is 10.2 Å². The van der Waals surface area contributed by atoms with Crippen LogP contribution in [-0.2, 0) is 11.8 Å². The Hall–Kier alpha value is -2.15. The van der Waals surface area contributed by atoms with Crippen LogP contribution in [0.25, 0.3) is 11.5 Å². The van der Waals surface area contributed by atoms with Crippen LogP contribution >= 0.6 is 0 Å². The van der Waals surface area contributed by atoms with E-state index in [0.29, 0.717) is 11.8 Å². The number of hydrogen-bond donors (Lipinski definition) is 0. The highest BCUT2D eigenvalue weighted by molar-refractivity contribution is 5.59. The Balaban J connectivity index is 1.48. The van der Waals surface area contributed by atoms with E-state index >= 15 is 0 Å². The first kappa shape index (κ1) is 20.6. The Morgan fingerprint density at radius 1 is 1.00 bits per heavy atom. The van der Waals surface area contributed by atoms with Crippen LogP contribution in [0.3, 0.4) is 0 Å². The molecule has 0 aliphatic heterocycles. The van der Waals surface area contributed by atoms with Crippen LogP contribution < -0.4 is 0 Å². The van der Waals surface area contributed by atoms with Crippen LogP contribution in [0.2, 0.25) is 0 Å². The van der Waals surface area contributed by atoms with E-state index in [9.17, 15) is 5.26 Å². The lowest BCUT2D eigenvalue weighted by Crippen LogP contribution is -2.02. The molecule has 0 N–H and O–H groups in total. The van der Waals surface area contributed by atoms with E-state index in [1.807, 2.05) is 0 Å². The molecule has 1 aromatic heterocycles. The number of rotatable bonds is 12. The van der Waals surface area contributed by atoms with Gasteiger partial charge in [0.2, 0.25) is 11.8 Å². The maximum Gasteiger partial charge on any atom is 0.248 e. The monoisotopic (exact) mass is 379 g/mol. The summed E-state index contributed by atoms with van der Waals surface area (Å²) in [7, 11) is 0. The SMILES string of the molecule is CCCCCCCCCCCc1ccc(C)c(-c2nnc(C3(C#N)CC3)o2)c1. The number of nitrogens with zero attached hydrogens (tertiary/aromatic N) is 3. The van der Waals surface area contributed by atoms with Crippen LogP contribution in [0.5, 0.6) is 0 Å². The van der Waals surface area contributed by atoms with Gasteiger partial charge in [0, 0.05) is 5.56 Å². The van der Waals surface area contributed by atoms with Gasteiger partial charge in [-0.25, -0.2) is 0 Å². The molecule has 2 aromatic rings. The summed E-state index contributed by atoms with van der Waals surface area (Å²) in [6, 6.07) is 8.85. The van der Waals surface area contributed by atoms with Gasteiger partial charge in [0.1, 0.15) is 5.41 Å². The van der Waals surface area contributed by atoms with Crippen molar-refractivity contribution in [2.75, 3.05) is 0 Å². The van der Waals surface area contributed by atoms with Gasteiger partial charge < -0.3 is 4.42 Å². The quantitative estimate of drug-likeness (QED) is 0.386. The van der Waals surface area contributed by atoms with Crippen LogP contribution in [0.1, 0.15) is 94.6 Å². The third-order valence-electron chi connectivity index (χ3n) is 5.90. The van der Waals surface area contributed by atoms with Crippen molar-refractivity contribution in [1.29, 1.82) is 5.26 Å². The molecule has 4 heteroatoms. The summed E-state index contributed by atoms with van der Waals surface area (Å²) < 4.78 is 5.88. The summed E-state index contributed by atoms with van der Waals surface area (Å²) in [5.41, 5.74) is 2.94. The largest absolute Gasteiger partial charge is 0.419 e. The number of nitriles is 1. The van der Waals surface area contributed by atoms with Crippen molar-refractivity contribution >= 4 is 0 Å². The Bertz CT molecular complexity index is 798. The Morgan fingerprint density at radius 2 is 1.68 bits per heavy atom. The van der Waals surface area contributed by atoms with E-state index in [-0.39, 0.29) is 0 Å². The highest BCUT2D eigenvalue weighted by Crippen LogP contribution is 2.47. The molecule has 0 atom stereocenters. The molecule has 1 saturated carbocycles. The highest BCUT2D eigenvalue weighted by Gasteiger charge is 2.50. The van der Waals surface area contributed by atoms with E-state index in [1.54, 1.807) is 0 Å². The average Bonchev–Trinajstić information content (AvgIpc) is 3.36. The highest BCUT2D eigenvalue weighted by atomic mass is 16.4. The number of benzene rings is 1. The molecule has 1 heterocycles. The predicted molar refractivity (Wildman–Crippen MR) is 112 cm³/mol. The molecule has 1 aliphatic rings. The molecule has 0 amide bonds. The number of aryl methyl sites for hydroxylation is 2. The van der Waals surface area contributed by atoms with E-state index in [4.69, 9.17) is 4.42 Å². The van der Waals surface area contributed by atoms with Crippen LogP contribution in [0, 0.1) is 18.3 Å². The average molecular weight is 380 g/mol. The lowest BCUT2D eigenvalue weighted by molar-refractivity contribution is 0.481. The smallest absolute Gasteiger partial charge is 0.248 e. The zero-order valence-electron chi connectivity index (χ0n) is 17.5. The van der Waals surface area contributed by atoms with E-state index in [0.717, 1.165) is 30.4 Å². The Morgan fingerprint density at radius 3 is 2.32 bits per heavy atom. The minimum atomic E-state index is -0.521. The van der Waals surface area contributed by atoms with Crippen molar-refractivity contribution in [2.24, 2.45) is 0 Å². The minimum Gasteiger partial charge on any atom is -0.419 e. The fourth-order valence-electron chi connectivity index (χ4n) is 3.72. The van der Waals surface area contributed by atoms with Crippen molar-refractivity contribution in [2.45, 2.75) is 96.3 Å². The molecule has 3 rings (SSSR count). The molecule has 150 valence electrons. The maximum atomic E-state index is 9.32. The molecule has 0 unspecified atom stereocenters. The van der Waals surface area contributed by atoms with Gasteiger partial charge in [-0.1, -0.05) is 70.4 Å². The van der Waals surface area contributed by atoms with Gasteiger partial charge in [0.15, 0.2) is 0 Å². The van der Waals surface area contributed by atoms with Gasteiger partial charge in [-0.05, 0) is 49.8 Å². The molecule has 0 bridgehead atoms. The number of hydrogen-bond acceptors (Lipinski definition) is 4. The first-order chi connectivity index (χ1) is 13.7. The van der Waals surface area contributed by atoms with Crippen molar-refractivity contribution in [3.05, 3.63) is 35.2 Å². The van der Waals surface area contributed by atoms with E-state index in [2.05, 4.69) is 48.3 Å². The fraction of sp³-hybridized carbons (Fsp3) is 0.625. The first-order valence-electron chi connectivity index (χ1n) is 11.0. The molecular weight excluding hydrogens is 346 g/mol. The standard InChI is InChI=1S/C24H33N3O/c1-3-4-5-6-7-8-9-10-11-12-20-14-13-19(2)21(17-20)22-26-27-23(28-22)24(18-25)15-16-24/h13-14,17H,3-12,15-16H2,1-2H3. The topological polar surface area (TPSA) is 62.7 Å². The summed E-state index contributed by atoms with van der Waals surface area (Å²) in [6.07, 6.45) is 14.9. The van der Waals surface area contributed by atoms with Crippen LogP contribution in [0.4, 0.5) is 0 Å². The van der Waals surface area contributed by atoms with Gasteiger partial charge in [0.05, 0.1) is 6.07 Å². The summed E-state index contributed by atoms with van der Waals surface area (Å²) in [4.78, 5) is 0. The van der Waals surface area contributed by atoms with Crippen molar-refractivity contribution in [1.82, 2.24) is 10.2 Å². The summed E-state index contributed by atoms with van der Waals surface area (Å²) in [5, 5.41) is 17.7. The predicted octanol–water partition coefficient (Wildman–Crippen LogP) is 6.67. The second-order valence-electron chi connectivity index (χ2n) is 8.33. The fourth-order valence-corrected chi connectivity index (χ4v) is 3.72. The van der Waals surface area contributed by atoms with Crippen molar-refractivity contribution in [3.63, 3.8) is 0 Å². The molecule has 0 saturated heterocycles. The summed E-state index contributed by atoms with van der Waals surface area (Å²) in [5.74, 6) is 1.02. The van der Waals surface area contributed by atoms with Gasteiger partial charge in [-0.3, -0.25) is 0 Å². The molecule has 1 fully saturated rings. The molecule has 1 aromatic carbocycles. The lowest BCUT2D eigenvalue weighted by Gasteiger charge is -2.07. The zero-order valence-corrected chi connectivity index (χ0v) is 17.5. The Labute approximate surface area is 169 Å².